The predicted molar refractivity (Wildman–Crippen MR) is 155 cm³/mol. The molecule has 1 atom stereocenters. The second kappa shape index (κ2) is 14.7. The fourth-order valence-corrected chi connectivity index (χ4v) is 4.94. The molecule has 2 amide bonds. The topological polar surface area (TPSA) is 126 Å². The normalized spacial score (nSPS) is 12.0. The number of nitrogens with zero attached hydrogens (tertiary/aromatic N) is 2. The lowest BCUT2D eigenvalue weighted by atomic mass is 10.1. The van der Waals surface area contributed by atoms with Gasteiger partial charge in [0.15, 0.2) is 6.61 Å². The molecule has 0 aromatic heterocycles. The zero-order valence-electron chi connectivity index (χ0n) is 22.7. The molecule has 0 aliphatic carbocycles. The average molecular weight is 567 g/mol. The molecule has 0 aliphatic rings. The van der Waals surface area contributed by atoms with E-state index in [0.717, 1.165) is 22.5 Å². The van der Waals surface area contributed by atoms with E-state index in [1.807, 2.05) is 37.3 Å². The van der Waals surface area contributed by atoms with Crippen LogP contribution >= 0.6 is 0 Å². The van der Waals surface area contributed by atoms with Gasteiger partial charge in [-0.1, -0.05) is 30.3 Å². The van der Waals surface area contributed by atoms with E-state index in [2.05, 4.69) is 15.8 Å². The summed E-state index contributed by atoms with van der Waals surface area (Å²) in [5.74, 6) is 0.285. The Balaban J connectivity index is 1.48. The minimum atomic E-state index is -3.76. The molecule has 0 saturated carbocycles. The van der Waals surface area contributed by atoms with Gasteiger partial charge in [-0.15, -0.1) is 0 Å². The minimum absolute atomic E-state index is 0.110. The van der Waals surface area contributed by atoms with Gasteiger partial charge >= 0.3 is 0 Å². The molecule has 0 aliphatic heterocycles. The van der Waals surface area contributed by atoms with Gasteiger partial charge in [0.25, 0.3) is 11.8 Å². The first kappa shape index (κ1) is 30.2. The third-order valence-electron chi connectivity index (χ3n) is 5.71. The number of carbonyl (C=O) groups excluding carboxylic acids is 2. The second-order valence-corrected chi connectivity index (χ2v) is 10.7. The van der Waals surface area contributed by atoms with Crippen LogP contribution in [0, 0.1) is 0 Å². The fourth-order valence-electron chi connectivity index (χ4n) is 3.77. The molecule has 11 heteroatoms. The lowest BCUT2D eigenvalue weighted by molar-refractivity contribution is -0.123. The smallest absolute Gasteiger partial charge is 0.263 e. The first-order valence-electron chi connectivity index (χ1n) is 12.8. The van der Waals surface area contributed by atoms with Crippen molar-refractivity contribution in [3.63, 3.8) is 0 Å². The molecule has 0 bridgehead atoms. The van der Waals surface area contributed by atoms with E-state index < -0.39 is 22.0 Å². The van der Waals surface area contributed by atoms with E-state index in [4.69, 9.17) is 9.47 Å². The van der Waals surface area contributed by atoms with Crippen LogP contribution in [0.2, 0.25) is 0 Å². The van der Waals surface area contributed by atoms with Crippen molar-refractivity contribution < 1.29 is 27.5 Å². The maximum absolute atomic E-state index is 12.7. The monoisotopic (exact) mass is 566 g/mol. The van der Waals surface area contributed by atoms with Crippen molar-refractivity contribution in [1.82, 2.24) is 10.7 Å². The van der Waals surface area contributed by atoms with Crippen molar-refractivity contribution in [3.8, 4) is 11.5 Å². The van der Waals surface area contributed by atoms with Crippen LogP contribution in [0.3, 0.4) is 0 Å². The first-order valence-corrected chi connectivity index (χ1v) is 14.6. The van der Waals surface area contributed by atoms with Crippen molar-refractivity contribution in [2.75, 3.05) is 30.3 Å². The summed E-state index contributed by atoms with van der Waals surface area (Å²) in [6.45, 7) is 4.22. The third kappa shape index (κ3) is 9.42. The van der Waals surface area contributed by atoms with Gasteiger partial charge in [0, 0.05) is 6.54 Å². The Labute approximate surface area is 235 Å². The highest BCUT2D eigenvalue weighted by molar-refractivity contribution is 7.92. The molecule has 0 unspecified atom stereocenters. The Kier molecular flexibility index (Phi) is 11.1. The van der Waals surface area contributed by atoms with Gasteiger partial charge in [-0.2, -0.15) is 5.10 Å². The molecule has 2 N–H and O–H groups in total. The number of rotatable bonds is 14. The van der Waals surface area contributed by atoms with Crippen LogP contribution in [0.4, 0.5) is 5.69 Å². The Hall–Kier alpha value is -4.38. The molecule has 3 aromatic rings. The van der Waals surface area contributed by atoms with Crippen molar-refractivity contribution >= 4 is 33.7 Å². The SMILES string of the molecule is CCOc1ccc(N([C@@H](C)C(=O)N/N=C\c2ccc(OCC(=O)NCCc3ccccc3)cc2)S(C)(=O)=O)cc1. The van der Waals surface area contributed by atoms with Crippen LogP contribution in [0.25, 0.3) is 0 Å². The Morgan fingerprint density at radius 3 is 2.20 bits per heavy atom. The molecular formula is C29H34N4O6S. The predicted octanol–water partition coefficient (Wildman–Crippen LogP) is 3.13. The van der Waals surface area contributed by atoms with Gasteiger partial charge in [0.1, 0.15) is 17.5 Å². The zero-order valence-corrected chi connectivity index (χ0v) is 23.6. The molecule has 3 rings (SSSR count). The van der Waals surface area contributed by atoms with Crippen LogP contribution in [-0.2, 0) is 26.0 Å². The van der Waals surface area contributed by atoms with E-state index in [9.17, 15) is 18.0 Å². The van der Waals surface area contributed by atoms with Gasteiger partial charge in [-0.3, -0.25) is 13.9 Å². The standard InChI is InChI=1S/C29H34N4O6S/c1-4-38-26-16-12-25(13-17-26)33(40(3,36)37)22(2)29(35)32-31-20-24-10-14-27(15-11-24)39-21-28(34)30-19-18-23-8-6-5-7-9-23/h5-17,20,22H,4,18-19,21H2,1-3H3,(H,30,34)(H,32,35)/b31-20-/t22-/m0/s1. The molecule has 3 aromatic carbocycles. The van der Waals surface area contributed by atoms with E-state index >= 15 is 0 Å². The molecule has 0 spiro atoms. The Morgan fingerprint density at radius 2 is 1.57 bits per heavy atom. The zero-order chi connectivity index (χ0) is 29.0. The van der Waals surface area contributed by atoms with Crippen LogP contribution in [0.15, 0.2) is 84.0 Å². The molecule has 0 saturated heterocycles. The largest absolute Gasteiger partial charge is 0.494 e. The molecular weight excluding hydrogens is 532 g/mol. The highest BCUT2D eigenvalue weighted by Crippen LogP contribution is 2.24. The van der Waals surface area contributed by atoms with Gasteiger partial charge < -0.3 is 14.8 Å². The summed E-state index contributed by atoms with van der Waals surface area (Å²) in [4.78, 5) is 24.7. The first-order chi connectivity index (χ1) is 19.2. The minimum Gasteiger partial charge on any atom is -0.494 e. The number of hydrazone groups is 1. The molecule has 0 radical (unpaired) electrons. The lowest BCUT2D eigenvalue weighted by Crippen LogP contribution is -2.46. The van der Waals surface area contributed by atoms with Crippen molar-refractivity contribution in [2.45, 2.75) is 26.3 Å². The highest BCUT2D eigenvalue weighted by atomic mass is 32.2. The summed E-state index contributed by atoms with van der Waals surface area (Å²) in [5.41, 5.74) is 4.53. The average Bonchev–Trinajstić information content (AvgIpc) is 2.93. The fraction of sp³-hybridized carbons (Fsp3) is 0.276. The number of carbonyl (C=O) groups is 2. The van der Waals surface area contributed by atoms with Crippen LogP contribution in [-0.4, -0.2) is 58.5 Å². The molecule has 0 heterocycles. The number of ether oxygens (including phenoxy) is 2. The van der Waals surface area contributed by atoms with Crippen LogP contribution < -0.4 is 24.5 Å². The van der Waals surface area contributed by atoms with Gasteiger partial charge in [-0.25, -0.2) is 13.8 Å². The van der Waals surface area contributed by atoms with E-state index in [0.29, 0.717) is 35.9 Å². The van der Waals surface area contributed by atoms with Crippen molar-refractivity contribution in [2.24, 2.45) is 5.10 Å². The van der Waals surface area contributed by atoms with Gasteiger partial charge in [0.2, 0.25) is 10.0 Å². The second-order valence-electron chi connectivity index (χ2n) is 8.84. The summed E-state index contributed by atoms with van der Waals surface area (Å²) in [7, 11) is -3.76. The summed E-state index contributed by atoms with van der Waals surface area (Å²) < 4.78 is 36.9. The molecule has 0 fully saturated rings. The summed E-state index contributed by atoms with van der Waals surface area (Å²) >= 11 is 0. The number of sulfonamides is 1. The number of nitrogens with one attached hydrogen (secondary N) is 2. The third-order valence-corrected chi connectivity index (χ3v) is 6.95. The number of benzene rings is 3. The van der Waals surface area contributed by atoms with E-state index in [1.165, 1.54) is 13.1 Å². The number of amides is 2. The summed E-state index contributed by atoms with van der Waals surface area (Å²) in [6.07, 6.45) is 3.20. The summed E-state index contributed by atoms with van der Waals surface area (Å²) in [5, 5.41) is 6.77. The molecule has 212 valence electrons. The Morgan fingerprint density at radius 1 is 0.950 bits per heavy atom. The quantitative estimate of drug-likeness (QED) is 0.228. The van der Waals surface area contributed by atoms with Crippen LogP contribution in [0.5, 0.6) is 11.5 Å². The number of hydrogen-bond donors (Lipinski definition) is 2. The Bertz CT molecular complexity index is 1380. The number of anilines is 1. The van der Waals surface area contributed by atoms with Gasteiger partial charge in [-0.05, 0) is 79.9 Å². The van der Waals surface area contributed by atoms with Crippen molar-refractivity contribution in [3.05, 3.63) is 90.0 Å². The maximum Gasteiger partial charge on any atom is 0.263 e. The van der Waals surface area contributed by atoms with Crippen LogP contribution in [0.1, 0.15) is 25.0 Å². The lowest BCUT2D eigenvalue weighted by Gasteiger charge is -2.27. The number of hydrogen-bond acceptors (Lipinski definition) is 7. The molecule has 10 nitrogen and oxygen atoms in total. The highest BCUT2D eigenvalue weighted by Gasteiger charge is 2.29. The van der Waals surface area contributed by atoms with E-state index in [1.54, 1.807) is 48.5 Å². The van der Waals surface area contributed by atoms with Crippen molar-refractivity contribution in [1.29, 1.82) is 0 Å². The molecule has 40 heavy (non-hydrogen) atoms. The maximum atomic E-state index is 12.7. The van der Waals surface area contributed by atoms with Gasteiger partial charge in [0.05, 0.1) is 24.8 Å². The summed E-state index contributed by atoms with van der Waals surface area (Å²) in [6, 6.07) is 22.1. The van der Waals surface area contributed by atoms with E-state index in [-0.39, 0.29) is 12.5 Å².